The fourth-order valence-electron chi connectivity index (χ4n) is 3.03. The maximum absolute atomic E-state index is 12.6. The molecular formula is C16H17ClF3N3O2. The van der Waals surface area contributed by atoms with E-state index in [9.17, 15) is 22.8 Å². The first-order valence-corrected chi connectivity index (χ1v) is 8.42. The second-order valence-corrected chi connectivity index (χ2v) is 6.81. The summed E-state index contributed by atoms with van der Waals surface area (Å²) in [5.74, 6) is -0.773. The third-order valence-corrected chi connectivity index (χ3v) is 5.05. The molecule has 1 N–H and O–H groups in total. The standard InChI is InChI=1S/C16H17ClF3N3O2/c17-12-5-10(16(18,19)20)6-21-13(12)7-22-15(25)9-4-14(24)23(8-9)11-2-1-3-11/h5-6,9,11H,1-4,7-8H2,(H,22,25). The summed E-state index contributed by atoms with van der Waals surface area (Å²) in [6.07, 6.45) is -0.616. The zero-order valence-corrected chi connectivity index (χ0v) is 14.0. The van der Waals surface area contributed by atoms with Crippen molar-refractivity contribution in [2.24, 2.45) is 5.92 Å². The van der Waals surface area contributed by atoms with Crippen LogP contribution in [0.2, 0.25) is 5.02 Å². The minimum Gasteiger partial charge on any atom is -0.350 e. The van der Waals surface area contributed by atoms with Crippen LogP contribution in [0.3, 0.4) is 0 Å². The molecule has 1 unspecified atom stereocenters. The van der Waals surface area contributed by atoms with Gasteiger partial charge in [-0.15, -0.1) is 0 Å². The lowest BCUT2D eigenvalue weighted by Crippen LogP contribution is -2.42. The van der Waals surface area contributed by atoms with Crippen LogP contribution in [0.15, 0.2) is 12.3 Å². The summed E-state index contributed by atoms with van der Waals surface area (Å²) in [4.78, 5) is 29.7. The van der Waals surface area contributed by atoms with Crippen molar-refractivity contribution in [2.45, 2.75) is 44.4 Å². The van der Waals surface area contributed by atoms with Gasteiger partial charge in [-0.05, 0) is 25.3 Å². The van der Waals surface area contributed by atoms with Gasteiger partial charge < -0.3 is 10.2 Å². The minimum atomic E-state index is -4.52. The average molecular weight is 376 g/mol. The summed E-state index contributed by atoms with van der Waals surface area (Å²) in [5.41, 5.74) is -0.784. The zero-order valence-electron chi connectivity index (χ0n) is 13.3. The lowest BCUT2D eigenvalue weighted by molar-refractivity contribution is -0.138. The van der Waals surface area contributed by atoms with Gasteiger partial charge in [0.05, 0.1) is 28.7 Å². The van der Waals surface area contributed by atoms with E-state index in [0.29, 0.717) is 12.7 Å². The molecule has 1 atom stereocenters. The first-order chi connectivity index (χ1) is 11.8. The van der Waals surface area contributed by atoms with Gasteiger partial charge in [0, 0.05) is 25.2 Å². The summed E-state index contributed by atoms with van der Waals surface area (Å²) in [6.45, 7) is 0.313. The number of carbonyl (C=O) groups is 2. The summed E-state index contributed by atoms with van der Waals surface area (Å²) in [6, 6.07) is 1.03. The smallest absolute Gasteiger partial charge is 0.350 e. The zero-order chi connectivity index (χ0) is 18.2. The molecule has 1 aromatic heterocycles. The minimum absolute atomic E-state index is 0.0180. The van der Waals surface area contributed by atoms with Gasteiger partial charge in [-0.1, -0.05) is 11.6 Å². The van der Waals surface area contributed by atoms with E-state index in [2.05, 4.69) is 10.3 Å². The number of halogens is 4. The average Bonchev–Trinajstić information content (AvgIpc) is 2.85. The molecule has 2 amide bonds. The molecule has 0 spiro atoms. The van der Waals surface area contributed by atoms with Gasteiger partial charge >= 0.3 is 6.18 Å². The number of rotatable bonds is 4. The Labute approximate surface area is 147 Å². The summed E-state index contributed by atoms with van der Waals surface area (Å²) in [7, 11) is 0. The molecule has 2 fully saturated rings. The number of amides is 2. The Morgan fingerprint density at radius 1 is 1.40 bits per heavy atom. The topological polar surface area (TPSA) is 62.3 Å². The Morgan fingerprint density at radius 3 is 2.68 bits per heavy atom. The highest BCUT2D eigenvalue weighted by Crippen LogP contribution is 2.32. The molecule has 136 valence electrons. The van der Waals surface area contributed by atoms with E-state index in [4.69, 9.17) is 11.6 Å². The molecule has 3 rings (SSSR count). The monoisotopic (exact) mass is 375 g/mol. The van der Waals surface area contributed by atoms with Crippen molar-refractivity contribution >= 4 is 23.4 Å². The number of hydrogen-bond acceptors (Lipinski definition) is 3. The van der Waals surface area contributed by atoms with Gasteiger partial charge in [-0.2, -0.15) is 13.2 Å². The number of nitrogens with one attached hydrogen (secondary N) is 1. The molecule has 0 aromatic carbocycles. The molecule has 0 radical (unpaired) electrons. The summed E-state index contributed by atoms with van der Waals surface area (Å²) in [5, 5.41) is 2.45. The van der Waals surface area contributed by atoms with Crippen molar-refractivity contribution in [1.82, 2.24) is 15.2 Å². The largest absolute Gasteiger partial charge is 0.417 e. The van der Waals surface area contributed by atoms with E-state index in [0.717, 1.165) is 25.3 Å². The molecule has 2 aliphatic rings. The SMILES string of the molecule is O=C(NCc1ncc(C(F)(F)F)cc1Cl)C1CC(=O)N(C2CCC2)C1. The number of likely N-dealkylation sites (tertiary alicyclic amines) is 1. The fraction of sp³-hybridized carbons (Fsp3) is 0.562. The lowest BCUT2D eigenvalue weighted by atomic mass is 9.92. The molecule has 9 heteroatoms. The summed E-state index contributed by atoms with van der Waals surface area (Å²) < 4.78 is 37.8. The van der Waals surface area contributed by atoms with Crippen molar-refractivity contribution in [3.8, 4) is 0 Å². The third kappa shape index (κ3) is 3.89. The highest BCUT2D eigenvalue weighted by atomic mass is 35.5. The normalized spacial score (nSPS) is 21.4. The van der Waals surface area contributed by atoms with Crippen LogP contribution in [0.4, 0.5) is 13.2 Å². The van der Waals surface area contributed by atoms with E-state index in [-0.39, 0.29) is 41.5 Å². The van der Waals surface area contributed by atoms with Crippen LogP contribution in [0.1, 0.15) is 36.9 Å². The maximum atomic E-state index is 12.6. The van der Waals surface area contributed by atoms with Crippen molar-refractivity contribution in [3.63, 3.8) is 0 Å². The quantitative estimate of drug-likeness (QED) is 0.880. The molecule has 5 nitrogen and oxygen atoms in total. The van der Waals surface area contributed by atoms with Crippen LogP contribution >= 0.6 is 11.6 Å². The molecule has 1 saturated heterocycles. The fourth-order valence-corrected chi connectivity index (χ4v) is 3.26. The van der Waals surface area contributed by atoms with Gasteiger partial charge in [0.2, 0.25) is 11.8 Å². The van der Waals surface area contributed by atoms with E-state index < -0.39 is 17.7 Å². The molecule has 25 heavy (non-hydrogen) atoms. The van der Waals surface area contributed by atoms with Crippen molar-refractivity contribution in [3.05, 3.63) is 28.5 Å². The van der Waals surface area contributed by atoms with Crippen LogP contribution in [0.5, 0.6) is 0 Å². The predicted molar refractivity (Wildman–Crippen MR) is 83.6 cm³/mol. The highest BCUT2D eigenvalue weighted by Gasteiger charge is 2.39. The molecule has 1 aromatic rings. The number of nitrogens with zero attached hydrogens (tertiary/aromatic N) is 2. The predicted octanol–water partition coefficient (Wildman–Crippen LogP) is 2.77. The first-order valence-electron chi connectivity index (χ1n) is 8.04. The highest BCUT2D eigenvalue weighted by molar-refractivity contribution is 6.31. The van der Waals surface area contributed by atoms with Gasteiger partial charge in [-0.25, -0.2) is 0 Å². The Balaban J connectivity index is 1.57. The number of pyridine rings is 1. The number of carbonyl (C=O) groups excluding carboxylic acids is 2. The van der Waals surface area contributed by atoms with Crippen molar-refractivity contribution in [1.29, 1.82) is 0 Å². The lowest BCUT2D eigenvalue weighted by Gasteiger charge is -2.34. The molecule has 2 heterocycles. The van der Waals surface area contributed by atoms with Crippen LogP contribution in [-0.2, 0) is 22.3 Å². The van der Waals surface area contributed by atoms with Crippen LogP contribution in [0, 0.1) is 5.92 Å². The van der Waals surface area contributed by atoms with Crippen molar-refractivity contribution < 1.29 is 22.8 Å². The molecular weight excluding hydrogens is 359 g/mol. The Bertz CT molecular complexity index is 692. The third-order valence-electron chi connectivity index (χ3n) is 4.72. The first kappa shape index (κ1) is 18.0. The van der Waals surface area contributed by atoms with Crippen LogP contribution in [0.25, 0.3) is 0 Å². The Kier molecular flexibility index (Phi) is 4.90. The van der Waals surface area contributed by atoms with E-state index in [1.165, 1.54) is 0 Å². The van der Waals surface area contributed by atoms with Crippen molar-refractivity contribution in [2.75, 3.05) is 6.54 Å². The van der Waals surface area contributed by atoms with E-state index in [1.807, 2.05) is 0 Å². The molecule has 1 aliphatic carbocycles. The van der Waals surface area contributed by atoms with Gasteiger partial charge in [0.1, 0.15) is 0 Å². The number of hydrogen-bond donors (Lipinski definition) is 1. The molecule has 1 saturated carbocycles. The Morgan fingerprint density at radius 2 is 2.12 bits per heavy atom. The molecule has 0 bridgehead atoms. The Hall–Kier alpha value is -1.83. The second-order valence-electron chi connectivity index (χ2n) is 6.40. The maximum Gasteiger partial charge on any atom is 0.417 e. The number of alkyl halides is 3. The van der Waals surface area contributed by atoms with Crippen LogP contribution < -0.4 is 5.32 Å². The van der Waals surface area contributed by atoms with Crippen LogP contribution in [-0.4, -0.2) is 34.3 Å². The number of aromatic nitrogens is 1. The second kappa shape index (κ2) is 6.82. The van der Waals surface area contributed by atoms with E-state index >= 15 is 0 Å². The molecule has 1 aliphatic heterocycles. The van der Waals surface area contributed by atoms with Gasteiger partial charge in [-0.3, -0.25) is 14.6 Å². The van der Waals surface area contributed by atoms with E-state index in [1.54, 1.807) is 4.90 Å². The van der Waals surface area contributed by atoms with Gasteiger partial charge in [0.25, 0.3) is 0 Å². The van der Waals surface area contributed by atoms with Gasteiger partial charge in [0.15, 0.2) is 0 Å². The summed E-state index contributed by atoms with van der Waals surface area (Å²) >= 11 is 5.82.